The van der Waals surface area contributed by atoms with Gasteiger partial charge in [-0.15, -0.1) is 0 Å². The van der Waals surface area contributed by atoms with Gasteiger partial charge in [-0.05, 0) is 19.4 Å². The molecule has 0 fully saturated rings. The summed E-state index contributed by atoms with van der Waals surface area (Å²) in [5.74, 6) is 0. The van der Waals surface area contributed by atoms with Gasteiger partial charge in [-0.3, -0.25) is 0 Å². The first-order valence-electron chi connectivity index (χ1n) is 3.18. The van der Waals surface area contributed by atoms with Crippen LogP contribution in [0.1, 0.15) is 20.3 Å². The SMILES string of the molecule is CCC(C)=CCOC(=O)O. The fourth-order valence-electron chi connectivity index (χ4n) is 0.400. The lowest BCUT2D eigenvalue weighted by atomic mass is 10.2. The molecule has 0 saturated carbocycles. The summed E-state index contributed by atoms with van der Waals surface area (Å²) < 4.78 is 4.25. The number of carbonyl (C=O) groups is 1. The average Bonchev–Trinajstić information content (AvgIpc) is 1.87. The van der Waals surface area contributed by atoms with Crippen LogP contribution in [-0.2, 0) is 4.74 Å². The van der Waals surface area contributed by atoms with Crippen molar-refractivity contribution in [2.24, 2.45) is 0 Å². The Morgan fingerprint density at radius 2 is 2.30 bits per heavy atom. The molecule has 0 heterocycles. The van der Waals surface area contributed by atoms with E-state index in [1.54, 1.807) is 6.08 Å². The Hall–Kier alpha value is -0.990. The van der Waals surface area contributed by atoms with Gasteiger partial charge in [0.25, 0.3) is 0 Å². The molecule has 0 unspecified atom stereocenters. The molecule has 0 aliphatic rings. The molecule has 3 nitrogen and oxygen atoms in total. The zero-order chi connectivity index (χ0) is 7.98. The van der Waals surface area contributed by atoms with Crippen molar-refractivity contribution in [2.45, 2.75) is 20.3 Å². The highest BCUT2D eigenvalue weighted by Gasteiger charge is 1.91. The van der Waals surface area contributed by atoms with Crippen molar-refractivity contribution >= 4 is 6.16 Å². The maximum atomic E-state index is 9.82. The van der Waals surface area contributed by atoms with Crippen LogP contribution in [0.15, 0.2) is 11.6 Å². The largest absolute Gasteiger partial charge is 0.506 e. The molecule has 0 saturated heterocycles. The summed E-state index contributed by atoms with van der Waals surface area (Å²) in [5.41, 5.74) is 1.14. The van der Waals surface area contributed by atoms with Crippen molar-refractivity contribution in [1.29, 1.82) is 0 Å². The normalized spacial score (nSPS) is 11.2. The van der Waals surface area contributed by atoms with Crippen molar-refractivity contribution in [2.75, 3.05) is 6.61 Å². The van der Waals surface area contributed by atoms with Crippen LogP contribution >= 0.6 is 0 Å². The van der Waals surface area contributed by atoms with E-state index < -0.39 is 6.16 Å². The van der Waals surface area contributed by atoms with Crippen molar-refractivity contribution in [3.05, 3.63) is 11.6 Å². The summed E-state index contributed by atoms with van der Waals surface area (Å²) in [6.07, 6.45) is 1.47. The second-order valence-electron chi connectivity index (χ2n) is 1.98. The summed E-state index contributed by atoms with van der Waals surface area (Å²) in [5, 5.41) is 8.05. The van der Waals surface area contributed by atoms with Gasteiger partial charge in [0.1, 0.15) is 6.61 Å². The number of hydrogen-bond donors (Lipinski definition) is 1. The predicted octanol–water partition coefficient (Wildman–Crippen LogP) is 2.04. The van der Waals surface area contributed by atoms with E-state index in [9.17, 15) is 4.79 Å². The molecule has 58 valence electrons. The minimum absolute atomic E-state index is 0.162. The van der Waals surface area contributed by atoms with Crippen LogP contribution in [0.5, 0.6) is 0 Å². The summed E-state index contributed by atoms with van der Waals surface area (Å²) in [7, 11) is 0. The summed E-state index contributed by atoms with van der Waals surface area (Å²) in [4.78, 5) is 9.82. The molecule has 1 N–H and O–H groups in total. The predicted molar refractivity (Wildman–Crippen MR) is 38.0 cm³/mol. The fraction of sp³-hybridized carbons (Fsp3) is 0.571. The quantitative estimate of drug-likeness (QED) is 0.487. The lowest BCUT2D eigenvalue weighted by Crippen LogP contribution is -1.99. The van der Waals surface area contributed by atoms with Gasteiger partial charge in [0.15, 0.2) is 0 Å². The van der Waals surface area contributed by atoms with E-state index in [-0.39, 0.29) is 6.61 Å². The molecule has 10 heavy (non-hydrogen) atoms. The van der Waals surface area contributed by atoms with Crippen LogP contribution in [0.25, 0.3) is 0 Å². The third-order valence-electron chi connectivity index (χ3n) is 1.20. The average molecular weight is 144 g/mol. The molecule has 0 atom stereocenters. The topological polar surface area (TPSA) is 46.5 Å². The third-order valence-corrected chi connectivity index (χ3v) is 1.20. The minimum Gasteiger partial charge on any atom is -0.450 e. The zero-order valence-corrected chi connectivity index (χ0v) is 6.26. The maximum absolute atomic E-state index is 9.82. The van der Waals surface area contributed by atoms with Gasteiger partial charge in [-0.2, -0.15) is 0 Å². The highest BCUT2D eigenvalue weighted by atomic mass is 16.7. The highest BCUT2D eigenvalue weighted by molar-refractivity contribution is 5.56. The van der Waals surface area contributed by atoms with E-state index >= 15 is 0 Å². The summed E-state index contributed by atoms with van der Waals surface area (Å²) in [6, 6.07) is 0. The summed E-state index contributed by atoms with van der Waals surface area (Å²) >= 11 is 0. The Labute approximate surface area is 60.3 Å². The van der Waals surface area contributed by atoms with Gasteiger partial charge < -0.3 is 9.84 Å². The molecule has 0 aromatic rings. The molecule has 0 radical (unpaired) electrons. The Morgan fingerprint density at radius 3 is 2.70 bits per heavy atom. The van der Waals surface area contributed by atoms with Gasteiger partial charge in [-0.1, -0.05) is 12.5 Å². The lowest BCUT2D eigenvalue weighted by Gasteiger charge is -1.95. The first-order valence-corrected chi connectivity index (χ1v) is 3.18. The Balaban J connectivity index is 3.43. The third kappa shape index (κ3) is 5.15. The van der Waals surface area contributed by atoms with E-state index in [1.807, 2.05) is 13.8 Å². The molecule has 0 rings (SSSR count). The van der Waals surface area contributed by atoms with Crippen molar-refractivity contribution in [3.63, 3.8) is 0 Å². The van der Waals surface area contributed by atoms with Crippen LogP contribution < -0.4 is 0 Å². The van der Waals surface area contributed by atoms with Gasteiger partial charge in [0.2, 0.25) is 0 Å². The van der Waals surface area contributed by atoms with E-state index in [0.717, 1.165) is 12.0 Å². The molecular weight excluding hydrogens is 132 g/mol. The van der Waals surface area contributed by atoms with Gasteiger partial charge in [0.05, 0.1) is 0 Å². The highest BCUT2D eigenvalue weighted by Crippen LogP contribution is 1.96. The smallest absolute Gasteiger partial charge is 0.450 e. The Bertz CT molecular complexity index is 138. The fourth-order valence-corrected chi connectivity index (χ4v) is 0.400. The van der Waals surface area contributed by atoms with Crippen LogP contribution in [0.3, 0.4) is 0 Å². The monoisotopic (exact) mass is 144 g/mol. The maximum Gasteiger partial charge on any atom is 0.506 e. The van der Waals surface area contributed by atoms with Crippen LogP contribution in [-0.4, -0.2) is 17.9 Å². The van der Waals surface area contributed by atoms with Crippen LogP contribution in [0, 0.1) is 0 Å². The Kier molecular flexibility index (Phi) is 4.37. The molecule has 3 heteroatoms. The number of rotatable bonds is 3. The zero-order valence-electron chi connectivity index (χ0n) is 6.26. The number of ether oxygens (including phenoxy) is 1. The molecule has 0 spiro atoms. The van der Waals surface area contributed by atoms with E-state index in [0.29, 0.717) is 0 Å². The number of allylic oxidation sites excluding steroid dienone is 1. The minimum atomic E-state index is -1.22. The Morgan fingerprint density at radius 1 is 1.70 bits per heavy atom. The second-order valence-corrected chi connectivity index (χ2v) is 1.98. The first-order chi connectivity index (χ1) is 4.66. The van der Waals surface area contributed by atoms with Crippen molar-refractivity contribution < 1.29 is 14.6 Å². The molecule has 0 bridgehead atoms. The molecule has 0 amide bonds. The summed E-state index contributed by atoms with van der Waals surface area (Å²) in [6.45, 7) is 4.10. The lowest BCUT2D eigenvalue weighted by molar-refractivity contribution is 0.102. The molecule has 0 aromatic carbocycles. The standard InChI is InChI=1S/C7H12O3/c1-3-6(2)4-5-10-7(8)9/h4H,3,5H2,1-2H3,(H,8,9). The molecule has 0 aromatic heterocycles. The van der Waals surface area contributed by atoms with Gasteiger partial charge >= 0.3 is 6.16 Å². The molecular formula is C7H12O3. The molecule has 0 aliphatic heterocycles. The first kappa shape index (κ1) is 9.01. The second kappa shape index (κ2) is 4.85. The van der Waals surface area contributed by atoms with Gasteiger partial charge in [-0.25, -0.2) is 4.79 Å². The van der Waals surface area contributed by atoms with Gasteiger partial charge in [0, 0.05) is 0 Å². The van der Waals surface area contributed by atoms with Crippen molar-refractivity contribution in [3.8, 4) is 0 Å². The van der Waals surface area contributed by atoms with E-state index in [1.165, 1.54) is 0 Å². The van der Waals surface area contributed by atoms with E-state index in [4.69, 9.17) is 5.11 Å². The van der Waals surface area contributed by atoms with E-state index in [2.05, 4.69) is 4.74 Å². The van der Waals surface area contributed by atoms with Crippen molar-refractivity contribution in [1.82, 2.24) is 0 Å². The number of carboxylic acid groups (broad SMARTS) is 1. The molecule has 0 aliphatic carbocycles. The van der Waals surface area contributed by atoms with Crippen LogP contribution in [0.2, 0.25) is 0 Å². The number of hydrogen-bond acceptors (Lipinski definition) is 2. The van der Waals surface area contributed by atoms with Crippen LogP contribution in [0.4, 0.5) is 4.79 Å².